The van der Waals surface area contributed by atoms with Crippen molar-refractivity contribution in [2.75, 3.05) is 18.4 Å². The van der Waals surface area contributed by atoms with Gasteiger partial charge in [-0.1, -0.05) is 48.0 Å². The minimum absolute atomic E-state index is 0.0909. The molecule has 0 saturated heterocycles. The molecule has 0 radical (unpaired) electrons. The molecule has 0 unspecified atom stereocenters. The Morgan fingerprint density at radius 2 is 1.77 bits per heavy atom. The Kier molecular flexibility index (Phi) is 6.01. The van der Waals surface area contributed by atoms with E-state index in [1.54, 1.807) is 0 Å². The molecule has 0 saturated carbocycles. The molecule has 0 spiro atoms. The third-order valence-corrected chi connectivity index (χ3v) is 3.63. The SMILES string of the molecule is Cc1ccc(NCCC(=O)NCCc2ccccc2)c(C)c1. The van der Waals surface area contributed by atoms with Gasteiger partial charge in [0.15, 0.2) is 0 Å². The number of hydrogen-bond acceptors (Lipinski definition) is 2. The summed E-state index contributed by atoms with van der Waals surface area (Å²) in [6.07, 6.45) is 1.36. The molecule has 0 aliphatic carbocycles. The van der Waals surface area contributed by atoms with Crippen molar-refractivity contribution in [2.45, 2.75) is 26.7 Å². The van der Waals surface area contributed by atoms with Crippen LogP contribution < -0.4 is 10.6 Å². The Morgan fingerprint density at radius 3 is 2.50 bits per heavy atom. The second-order valence-corrected chi connectivity index (χ2v) is 5.58. The topological polar surface area (TPSA) is 41.1 Å². The average Bonchev–Trinajstić information content (AvgIpc) is 2.50. The van der Waals surface area contributed by atoms with E-state index in [-0.39, 0.29) is 5.91 Å². The molecule has 3 heteroatoms. The molecule has 22 heavy (non-hydrogen) atoms. The van der Waals surface area contributed by atoms with Gasteiger partial charge in [-0.05, 0) is 37.5 Å². The van der Waals surface area contributed by atoms with Crippen LogP contribution in [0.5, 0.6) is 0 Å². The van der Waals surface area contributed by atoms with Gasteiger partial charge in [-0.3, -0.25) is 4.79 Å². The highest BCUT2D eigenvalue weighted by Crippen LogP contribution is 2.15. The Bertz CT molecular complexity index is 608. The number of aryl methyl sites for hydroxylation is 2. The zero-order chi connectivity index (χ0) is 15.8. The number of benzene rings is 2. The summed E-state index contributed by atoms with van der Waals surface area (Å²) in [5.41, 5.74) is 4.81. The van der Waals surface area contributed by atoms with E-state index >= 15 is 0 Å². The first kappa shape index (κ1) is 16.1. The van der Waals surface area contributed by atoms with E-state index in [1.807, 2.05) is 18.2 Å². The highest BCUT2D eigenvalue weighted by Gasteiger charge is 2.02. The number of carbonyl (C=O) groups is 1. The van der Waals surface area contributed by atoms with Gasteiger partial charge in [0.2, 0.25) is 5.91 Å². The van der Waals surface area contributed by atoms with E-state index in [4.69, 9.17) is 0 Å². The van der Waals surface area contributed by atoms with E-state index in [1.165, 1.54) is 16.7 Å². The van der Waals surface area contributed by atoms with E-state index in [9.17, 15) is 4.79 Å². The van der Waals surface area contributed by atoms with Crippen LogP contribution in [0.1, 0.15) is 23.1 Å². The zero-order valence-corrected chi connectivity index (χ0v) is 13.4. The van der Waals surface area contributed by atoms with Gasteiger partial charge in [0.05, 0.1) is 0 Å². The number of anilines is 1. The van der Waals surface area contributed by atoms with Crippen LogP contribution in [-0.4, -0.2) is 19.0 Å². The molecular formula is C19H24N2O. The van der Waals surface area contributed by atoms with Crippen molar-refractivity contribution in [3.8, 4) is 0 Å². The van der Waals surface area contributed by atoms with E-state index in [2.05, 4.69) is 54.8 Å². The fourth-order valence-corrected chi connectivity index (χ4v) is 2.40. The predicted molar refractivity (Wildman–Crippen MR) is 92.2 cm³/mol. The lowest BCUT2D eigenvalue weighted by Gasteiger charge is -2.10. The second kappa shape index (κ2) is 8.23. The molecule has 0 heterocycles. The molecule has 2 aromatic carbocycles. The van der Waals surface area contributed by atoms with Crippen LogP contribution in [-0.2, 0) is 11.2 Å². The highest BCUT2D eigenvalue weighted by molar-refractivity contribution is 5.76. The van der Waals surface area contributed by atoms with Gasteiger partial charge in [-0.2, -0.15) is 0 Å². The van der Waals surface area contributed by atoms with Gasteiger partial charge < -0.3 is 10.6 Å². The summed E-state index contributed by atoms with van der Waals surface area (Å²) in [5.74, 6) is 0.0909. The van der Waals surface area contributed by atoms with Crippen LogP contribution in [0.25, 0.3) is 0 Å². The predicted octanol–water partition coefficient (Wildman–Crippen LogP) is 3.46. The first-order chi connectivity index (χ1) is 10.6. The summed E-state index contributed by atoms with van der Waals surface area (Å²) in [6.45, 7) is 5.50. The molecule has 0 aliphatic rings. The molecule has 2 N–H and O–H groups in total. The van der Waals surface area contributed by atoms with Gasteiger partial charge in [0.1, 0.15) is 0 Å². The van der Waals surface area contributed by atoms with Crippen LogP contribution in [0.3, 0.4) is 0 Å². The monoisotopic (exact) mass is 296 g/mol. The molecule has 0 atom stereocenters. The lowest BCUT2D eigenvalue weighted by atomic mass is 10.1. The first-order valence-corrected chi connectivity index (χ1v) is 7.77. The smallest absolute Gasteiger partial charge is 0.221 e. The van der Waals surface area contributed by atoms with Crippen LogP contribution in [0.15, 0.2) is 48.5 Å². The average molecular weight is 296 g/mol. The van der Waals surface area contributed by atoms with Crippen LogP contribution in [0.4, 0.5) is 5.69 Å². The maximum atomic E-state index is 11.8. The maximum absolute atomic E-state index is 11.8. The highest BCUT2D eigenvalue weighted by atomic mass is 16.1. The number of hydrogen-bond donors (Lipinski definition) is 2. The standard InChI is InChI=1S/C19H24N2O/c1-15-8-9-18(16(2)14-15)20-13-11-19(22)21-12-10-17-6-4-3-5-7-17/h3-9,14,20H,10-13H2,1-2H3,(H,21,22). The summed E-state index contributed by atoms with van der Waals surface area (Å²) in [4.78, 5) is 11.8. The van der Waals surface area contributed by atoms with Crippen LogP contribution in [0.2, 0.25) is 0 Å². The van der Waals surface area contributed by atoms with Gasteiger partial charge >= 0.3 is 0 Å². The van der Waals surface area contributed by atoms with E-state index < -0.39 is 0 Å². The third kappa shape index (κ3) is 5.24. The Labute approximate surface area is 132 Å². The molecule has 3 nitrogen and oxygen atoms in total. The summed E-state index contributed by atoms with van der Waals surface area (Å²) in [6, 6.07) is 16.5. The number of carbonyl (C=O) groups excluding carboxylic acids is 1. The van der Waals surface area contributed by atoms with Crippen LogP contribution in [0, 0.1) is 13.8 Å². The van der Waals surface area contributed by atoms with Crippen molar-refractivity contribution >= 4 is 11.6 Å². The summed E-state index contributed by atoms with van der Waals surface area (Å²) >= 11 is 0. The Balaban J connectivity index is 1.65. The van der Waals surface area contributed by atoms with Gasteiger partial charge in [0.25, 0.3) is 0 Å². The summed E-state index contributed by atoms with van der Waals surface area (Å²) in [7, 11) is 0. The summed E-state index contributed by atoms with van der Waals surface area (Å²) < 4.78 is 0. The normalized spacial score (nSPS) is 10.3. The van der Waals surface area contributed by atoms with Crippen molar-refractivity contribution < 1.29 is 4.79 Å². The lowest BCUT2D eigenvalue weighted by Crippen LogP contribution is -2.27. The van der Waals surface area contributed by atoms with Crippen molar-refractivity contribution in [1.82, 2.24) is 5.32 Å². The number of amides is 1. The molecule has 116 valence electrons. The fourth-order valence-electron chi connectivity index (χ4n) is 2.40. The van der Waals surface area contributed by atoms with E-state index in [0.717, 1.165) is 12.1 Å². The van der Waals surface area contributed by atoms with Crippen LogP contribution >= 0.6 is 0 Å². The van der Waals surface area contributed by atoms with Crippen molar-refractivity contribution in [3.05, 3.63) is 65.2 Å². The molecule has 0 fully saturated rings. The van der Waals surface area contributed by atoms with Gasteiger partial charge in [0, 0.05) is 25.2 Å². The lowest BCUT2D eigenvalue weighted by molar-refractivity contribution is -0.120. The molecule has 0 bridgehead atoms. The summed E-state index contributed by atoms with van der Waals surface area (Å²) in [5, 5.41) is 6.28. The van der Waals surface area contributed by atoms with Gasteiger partial charge in [-0.25, -0.2) is 0 Å². The van der Waals surface area contributed by atoms with Crippen molar-refractivity contribution in [1.29, 1.82) is 0 Å². The molecule has 2 aromatic rings. The number of rotatable bonds is 7. The first-order valence-electron chi connectivity index (χ1n) is 7.77. The molecule has 0 aliphatic heterocycles. The second-order valence-electron chi connectivity index (χ2n) is 5.58. The minimum Gasteiger partial charge on any atom is -0.384 e. The molecule has 2 rings (SSSR count). The van der Waals surface area contributed by atoms with Gasteiger partial charge in [-0.15, -0.1) is 0 Å². The molecular weight excluding hydrogens is 272 g/mol. The Hall–Kier alpha value is -2.29. The quantitative estimate of drug-likeness (QED) is 0.821. The molecule has 1 amide bonds. The largest absolute Gasteiger partial charge is 0.384 e. The maximum Gasteiger partial charge on any atom is 0.221 e. The Morgan fingerprint density at radius 1 is 1.00 bits per heavy atom. The minimum atomic E-state index is 0.0909. The van der Waals surface area contributed by atoms with Crippen molar-refractivity contribution in [3.63, 3.8) is 0 Å². The van der Waals surface area contributed by atoms with Crippen molar-refractivity contribution in [2.24, 2.45) is 0 Å². The molecule has 0 aromatic heterocycles. The zero-order valence-electron chi connectivity index (χ0n) is 13.4. The number of nitrogens with one attached hydrogen (secondary N) is 2. The third-order valence-electron chi connectivity index (χ3n) is 3.63. The van der Waals surface area contributed by atoms with E-state index in [0.29, 0.717) is 19.5 Å². The fraction of sp³-hybridized carbons (Fsp3) is 0.316.